The second kappa shape index (κ2) is 8.62. The van der Waals surface area contributed by atoms with Gasteiger partial charge in [-0.2, -0.15) is 10.1 Å². The van der Waals surface area contributed by atoms with Crippen LogP contribution in [0.3, 0.4) is 0 Å². The molecule has 0 atom stereocenters. The van der Waals surface area contributed by atoms with Crippen molar-refractivity contribution in [3.63, 3.8) is 0 Å². The molecule has 3 heterocycles. The molecule has 1 fully saturated rings. The Bertz CT molecular complexity index is 1010. The van der Waals surface area contributed by atoms with Crippen LogP contribution in [0.15, 0.2) is 24.4 Å². The summed E-state index contributed by atoms with van der Waals surface area (Å²) < 4.78 is 15.5. The second-order valence-electron chi connectivity index (χ2n) is 7.29. The first-order valence-electron chi connectivity index (χ1n) is 9.59. The van der Waals surface area contributed by atoms with Gasteiger partial charge in [0.15, 0.2) is 11.6 Å². The number of nitrogens with one attached hydrogen (secondary N) is 4. The van der Waals surface area contributed by atoms with Gasteiger partial charge in [-0.15, -0.1) is 0 Å². The van der Waals surface area contributed by atoms with Crippen LogP contribution in [0, 0.1) is 23.2 Å². The van der Waals surface area contributed by atoms with Gasteiger partial charge in [0.25, 0.3) is 0 Å². The lowest BCUT2D eigenvalue weighted by Crippen LogP contribution is -2.27. The Hall–Kier alpha value is -2.27. The first-order valence-corrected chi connectivity index (χ1v) is 10.7. The fourth-order valence-corrected chi connectivity index (χ4v) is 3.90. The summed E-state index contributed by atoms with van der Waals surface area (Å²) in [5, 5.41) is 16.9. The first kappa shape index (κ1) is 20.0. The molecule has 0 unspecified atom stereocenters. The number of nitrogens with zero attached hydrogens (tertiary/aromatic N) is 3. The lowest BCUT2D eigenvalue weighted by molar-refractivity contribution is 0.445. The van der Waals surface area contributed by atoms with Gasteiger partial charge >= 0.3 is 0 Å². The van der Waals surface area contributed by atoms with Gasteiger partial charge in [-0.05, 0) is 91.5 Å². The largest absolute Gasteiger partial charge is 0.324 e. The summed E-state index contributed by atoms with van der Waals surface area (Å²) in [5.41, 5.74) is 3.36. The molecule has 0 bridgehead atoms. The van der Waals surface area contributed by atoms with Gasteiger partial charge in [0.05, 0.1) is 3.57 Å². The van der Waals surface area contributed by atoms with E-state index in [1.165, 1.54) is 0 Å². The number of hydrogen-bond acceptors (Lipinski definition) is 6. The van der Waals surface area contributed by atoms with Crippen molar-refractivity contribution >= 4 is 45.9 Å². The van der Waals surface area contributed by atoms with Crippen LogP contribution in [0.5, 0.6) is 0 Å². The third kappa shape index (κ3) is 4.67. The van der Waals surface area contributed by atoms with Crippen molar-refractivity contribution in [1.29, 1.82) is 0 Å². The van der Waals surface area contributed by atoms with Gasteiger partial charge in [0, 0.05) is 23.6 Å². The topological polar surface area (TPSA) is 90.6 Å². The van der Waals surface area contributed by atoms with E-state index in [0.29, 0.717) is 17.6 Å². The molecule has 4 rings (SSSR count). The monoisotopic (exact) mass is 507 g/mol. The summed E-state index contributed by atoms with van der Waals surface area (Å²) in [4.78, 5) is 8.96. The number of hydrogen-bond donors (Lipinski definition) is 4. The van der Waals surface area contributed by atoms with Gasteiger partial charge in [0.1, 0.15) is 5.82 Å². The van der Waals surface area contributed by atoms with Crippen LogP contribution >= 0.6 is 22.6 Å². The number of aromatic amines is 1. The number of aromatic nitrogens is 4. The van der Waals surface area contributed by atoms with E-state index in [2.05, 4.69) is 58.7 Å². The normalized spacial score (nSPS) is 14.8. The fourth-order valence-electron chi connectivity index (χ4n) is 3.51. The Morgan fingerprint density at radius 3 is 2.66 bits per heavy atom. The van der Waals surface area contributed by atoms with Gasteiger partial charge in [-0.25, -0.2) is 9.37 Å². The minimum Gasteiger partial charge on any atom is -0.324 e. The van der Waals surface area contributed by atoms with Crippen LogP contribution in [0.2, 0.25) is 0 Å². The molecule has 0 amide bonds. The van der Waals surface area contributed by atoms with Crippen molar-refractivity contribution in [2.45, 2.75) is 32.6 Å². The van der Waals surface area contributed by atoms with Crippen LogP contribution < -0.4 is 16.0 Å². The molecule has 3 aromatic rings. The molecular weight excluding hydrogens is 484 g/mol. The van der Waals surface area contributed by atoms with Crippen LogP contribution in [-0.4, -0.2) is 33.3 Å². The molecule has 1 aliphatic heterocycles. The number of halogens is 2. The van der Waals surface area contributed by atoms with Crippen LogP contribution in [-0.2, 0) is 0 Å². The zero-order valence-corrected chi connectivity index (χ0v) is 18.5. The highest BCUT2D eigenvalue weighted by atomic mass is 127. The molecule has 152 valence electrons. The third-order valence-corrected chi connectivity index (χ3v) is 5.86. The molecule has 0 aliphatic carbocycles. The average molecular weight is 507 g/mol. The molecular formula is C20H23FIN7. The summed E-state index contributed by atoms with van der Waals surface area (Å²) in [6.07, 6.45) is 3.62. The summed E-state index contributed by atoms with van der Waals surface area (Å²) in [5.74, 6) is 1.89. The number of anilines is 4. The number of aryl methyl sites for hydroxylation is 2. The molecule has 29 heavy (non-hydrogen) atoms. The third-order valence-electron chi connectivity index (χ3n) is 5.07. The van der Waals surface area contributed by atoms with E-state index in [0.717, 1.165) is 52.0 Å². The van der Waals surface area contributed by atoms with Crippen LogP contribution in [0.25, 0.3) is 0 Å². The molecule has 0 spiro atoms. The van der Waals surface area contributed by atoms with Gasteiger partial charge in [-0.1, -0.05) is 0 Å². The highest BCUT2D eigenvalue weighted by Crippen LogP contribution is 2.32. The average Bonchev–Trinajstić information content (AvgIpc) is 3.12. The molecule has 1 saturated heterocycles. The Morgan fingerprint density at radius 1 is 1.14 bits per heavy atom. The predicted octanol–water partition coefficient (Wildman–Crippen LogP) is 4.51. The molecule has 4 N–H and O–H groups in total. The Balaban J connectivity index is 1.59. The summed E-state index contributed by atoms with van der Waals surface area (Å²) in [7, 11) is 0. The number of benzene rings is 1. The quantitative estimate of drug-likeness (QED) is 0.380. The number of rotatable bonds is 5. The SMILES string of the molecule is Cc1cc(Nc2nc(Nc3cc(C4CCNCC4)c(F)cc3C)ncc2I)n[nH]1. The van der Waals surface area contributed by atoms with E-state index < -0.39 is 0 Å². The molecule has 9 heteroatoms. The lowest BCUT2D eigenvalue weighted by Gasteiger charge is -2.24. The highest BCUT2D eigenvalue weighted by molar-refractivity contribution is 14.1. The smallest absolute Gasteiger partial charge is 0.229 e. The molecule has 7 nitrogen and oxygen atoms in total. The van der Waals surface area contributed by atoms with Crippen molar-refractivity contribution in [1.82, 2.24) is 25.5 Å². The van der Waals surface area contributed by atoms with E-state index in [4.69, 9.17) is 0 Å². The van der Waals surface area contributed by atoms with Gasteiger partial charge < -0.3 is 16.0 Å². The maximum atomic E-state index is 14.6. The van der Waals surface area contributed by atoms with E-state index in [1.807, 2.05) is 26.0 Å². The zero-order valence-electron chi connectivity index (χ0n) is 16.3. The zero-order chi connectivity index (χ0) is 20.4. The maximum Gasteiger partial charge on any atom is 0.229 e. The summed E-state index contributed by atoms with van der Waals surface area (Å²) in [6, 6.07) is 5.41. The molecule has 1 aromatic carbocycles. The molecule has 1 aliphatic rings. The van der Waals surface area contributed by atoms with Gasteiger partial charge in [-0.3, -0.25) is 5.10 Å². The number of piperidine rings is 1. The Kier molecular flexibility index (Phi) is 5.95. The molecule has 2 aromatic heterocycles. The van der Waals surface area contributed by atoms with Gasteiger partial charge in [0.2, 0.25) is 5.95 Å². The van der Waals surface area contributed by atoms with Crippen molar-refractivity contribution in [2.24, 2.45) is 0 Å². The van der Waals surface area contributed by atoms with E-state index >= 15 is 0 Å². The number of H-pyrrole nitrogens is 1. The Labute approximate surface area is 182 Å². The summed E-state index contributed by atoms with van der Waals surface area (Å²) in [6.45, 7) is 5.66. The standard InChI is InChI=1S/C20H23FIN7/c1-11-7-15(21)14(13-3-5-23-6-4-13)9-17(11)25-20-24-10-16(22)19(27-20)26-18-8-12(2)28-29-18/h7-10,13,23H,3-6H2,1-2H3,(H3,24,25,26,27,28,29). The molecule has 0 saturated carbocycles. The van der Waals surface area contributed by atoms with Crippen molar-refractivity contribution in [2.75, 3.05) is 23.7 Å². The van der Waals surface area contributed by atoms with Crippen molar-refractivity contribution in [3.05, 3.63) is 50.6 Å². The van der Waals surface area contributed by atoms with E-state index in [-0.39, 0.29) is 11.7 Å². The minimum atomic E-state index is -0.139. The second-order valence-corrected chi connectivity index (χ2v) is 8.45. The maximum absolute atomic E-state index is 14.6. The summed E-state index contributed by atoms with van der Waals surface area (Å²) >= 11 is 2.18. The minimum absolute atomic E-state index is 0.139. The highest BCUT2D eigenvalue weighted by Gasteiger charge is 2.20. The van der Waals surface area contributed by atoms with E-state index in [1.54, 1.807) is 12.3 Å². The van der Waals surface area contributed by atoms with Crippen molar-refractivity contribution in [3.8, 4) is 0 Å². The van der Waals surface area contributed by atoms with Crippen molar-refractivity contribution < 1.29 is 4.39 Å². The Morgan fingerprint density at radius 2 is 1.93 bits per heavy atom. The lowest BCUT2D eigenvalue weighted by atomic mass is 9.89. The van der Waals surface area contributed by atoms with E-state index in [9.17, 15) is 4.39 Å². The fraction of sp³-hybridized carbons (Fsp3) is 0.350. The first-order chi connectivity index (χ1) is 14.0. The van der Waals surface area contributed by atoms with Crippen LogP contribution in [0.1, 0.15) is 35.6 Å². The molecule has 0 radical (unpaired) electrons. The van der Waals surface area contributed by atoms with Crippen LogP contribution in [0.4, 0.5) is 27.7 Å². The predicted molar refractivity (Wildman–Crippen MR) is 121 cm³/mol.